The van der Waals surface area contributed by atoms with E-state index in [9.17, 15) is 0 Å². The Morgan fingerprint density at radius 3 is 0.695 bits per heavy atom. The molecule has 0 aliphatic heterocycles. The van der Waals surface area contributed by atoms with Crippen LogP contribution in [0.15, 0.2) is 56.2 Å². The molecule has 0 aliphatic carbocycles. The number of hydrogen-bond acceptors (Lipinski definition) is 0. The zero-order chi connectivity index (χ0) is 41.5. The van der Waals surface area contributed by atoms with E-state index in [0.717, 1.165) is 26.2 Å². The van der Waals surface area contributed by atoms with Crippen LogP contribution in [-0.2, 0) is 39.3 Å². The highest BCUT2D eigenvalue weighted by molar-refractivity contribution is 4.69. The van der Waals surface area contributed by atoms with Crippen LogP contribution >= 0.6 is 0 Å². The summed E-state index contributed by atoms with van der Waals surface area (Å²) in [6.07, 6.45) is 71.0. The molecule has 0 bridgehead atoms. The van der Waals surface area contributed by atoms with Crippen molar-refractivity contribution < 1.29 is 13.7 Å². The summed E-state index contributed by atoms with van der Waals surface area (Å²) in [5.41, 5.74) is 0. The molecule has 59 heavy (non-hydrogen) atoms. The second-order valence-corrected chi connectivity index (χ2v) is 18.7. The average Bonchev–Trinajstić information content (AvgIpc) is 4.03. The molecule has 338 valence electrons. The van der Waals surface area contributed by atoms with Crippen LogP contribution in [0.25, 0.3) is 0 Å². The van der Waals surface area contributed by atoms with Crippen molar-refractivity contribution in [2.45, 2.75) is 284 Å². The molecule has 3 rings (SSSR count). The third kappa shape index (κ3) is 28.7. The van der Waals surface area contributed by atoms with Gasteiger partial charge in [0.2, 0.25) is 19.0 Å². The van der Waals surface area contributed by atoms with E-state index < -0.39 is 0 Å². The molecule has 0 aliphatic rings. The fraction of sp³-hybridized carbons (Fsp3) is 0.830. The van der Waals surface area contributed by atoms with Crippen LogP contribution in [0.5, 0.6) is 0 Å². The minimum absolute atomic E-state index is 1.14. The highest BCUT2D eigenvalue weighted by Crippen LogP contribution is 2.15. The van der Waals surface area contributed by atoms with E-state index in [1.807, 2.05) is 0 Å². The van der Waals surface area contributed by atoms with Gasteiger partial charge in [-0.15, -0.1) is 0 Å². The summed E-state index contributed by atoms with van der Waals surface area (Å²) in [4.78, 5) is 0. The van der Waals surface area contributed by atoms with Crippen molar-refractivity contribution in [2.24, 2.45) is 0 Å². The second kappa shape index (κ2) is 37.4. The predicted octanol–water partition coefficient (Wildman–Crippen LogP) is 14.4. The number of unbranched alkanes of at least 4 members (excludes halogenated alkanes) is 32. The summed E-state index contributed by atoms with van der Waals surface area (Å²) in [6, 6.07) is 0. The minimum Gasteiger partial charge on any atom is -0.237 e. The summed E-state index contributed by atoms with van der Waals surface area (Å²) in [7, 11) is 0. The van der Waals surface area contributed by atoms with Gasteiger partial charge in [0.05, 0.1) is 39.3 Å². The zero-order valence-electron chi connectivity index (χ0n) is 39.6. The Hall–Kier alpha value is -2.37. The summed E-state index contributed by atoms with van der Waals surface area (Å²) >= 11 is 0. The first-order valence-corrected chi connectivity index (χ1v) is 26.4. The molecule has 0 aromatic carbocycles. The van der Waals surface area contributed by atoms with Crippen molar-refractivity contribution in [2.75, 3.05) is 0 Å². The average molecular weight is 820 g/mol. The Morgan fingerprint density at radius 2 is 0.458 bits per heavy atom. The van der Waals surface area contributed by atoms with E-state index in [1.165, 1.54) is 244 Å². The lowest BCUT2D eigenvalue weighted by atomic mass is 10.0. The van der Waals surface area contributed by atoms with Crippen LogP contribution < -0.4 is 13.7 Å². The van der Waals surface area contributed by atoms with Crippen molar-refractivity contribution in [1.82, 2.24) is 13.7 Å². The molecular formula is C53H99N6+3. The number of rotatable bonds is 44. The molecule has 3 aromatic rings. The first-order valence-electron chi connectivity index (χ1n) is 26.4. The lowest BCUT2D eigenvalue weighted by Crippen LogP contribution is -2.31. The van der Waals surface area contributed by atoms with Gasteiger partial charge in [-0.1, -0.05) is 168 Å². The molecular weight excluding hydrogens is 721 g/mol. The number of nitrogens with zero attached hydrogens (tertiary/aromatic N) is 6. The maximum absolute atomic E-state index is 2.40. The van der Waals surface area contributed by atoms with E-state index >= 15 is 0 Å². The Kier molecular flexibility index (Phi) is 32.3. The standard InChI is InChI=1S/C53H99N6/c1-3-5-7-9-11-13-15-17-19-21-23-25-27-33-39-54-45-47-56(51-54)41-35-29-31-37-43-58-49-50-59(53-58)44-38-32-30-36-42-57-48-46-55(52-57)40-34-28-26-24-22-20-18-16-14-12-10-8-6-4-2/h45-53H,3-44H2,1-2H3/q+3. The monoisotopic (exact) mass is 820 g/mol. The second-order valence-electron chi connectivity index (χ2n) is 18.7. The highest BCUT2D eigenvalue weighted by Gasteiger charge is 2.07. The molecule has 0 saturated carbocycles. The van der Waals surface area contributed by atoms with Gasteiger partial charge in [0, 0.05) is 0 Å². The van der Waals surface area contributed by atoms with Gasteiger partial charge in [-0.05, 0) is 77.0 Å². The SMILES string of the molecule is CCCCCCCCCCCCCCCC[n+]1ccn(CCCCCCn2cc[n+](CCCCCCn3cc[n+](CCCCCCCCCCCCCCCC)c3)c2)c1. The maximum atomic E-state index is 2.40. The lowest BCUT2D eigenvalue weighted by molar-refractivity contribution is -0.697. The lowest BCUT2D eigenvalue weighted by Gasteiger charge is -2.03. The Bertz CT molecular complexity index is 1210. The van der Waals surface area contributed by atoms with Crippen molar-refractivity contribution in [1.29, 1.82) is 0 Å². The third-order valence-electron chi connectivity index (χ3n) is 12.9. The van der Waals surface area contributed by atoms with Gasteiger partial charge < -0.3 is 0 Å². The van der Waals surface area contributed by atoms with Crippen LogP contribution in [0.2, 0.25) is 0 Å². The molecule has 0 atom stereocenters. The fourth-order valence-corrected chi connectivity index (χ4v) is 8.97. The number of aromatic nitrogens is 6. The number of aryl methyl sites for hydroxylation is 6. The Labute approximate surface area is 366 Å². The molecule has 0 spiro atoms. The molecule has 0 amide bonds. The van der Waals surface area contributed by atoms with E-state index in [2.05, 4.69) is 97.4 Å². The summed E-state index contributed by atoms with van der Waals surface area (Å²) in [6.45, 7) is 11.6. The largest absolute Gasteiger partial charge is 0.243 e. The minimum atomic E-state index is 1.14. The van der Waals surface area contributed by atoms with Crippen LogP contribution in [0.1, 0.15) is 245 Å². The number of imidazole rings is 3. The van der Waals surface area contributed by atoms with E-state index in [0.29, 0.717) is 0 Å². The molecule has 0 saturated heterocycles. The van der Waals surface area contributed by atoms with Crippen LogP contribution in [0.3, 0.4) is 0 Å². The summed E-state index contributed by atoms with van der Waals surface area (Å²) < 4.78 is 14.4. The molecule has 6 nitrogen and oxygen atoms in total. The van der Waals surface area contributed by atoms with Gasteiger partial charge in [0.1, 0.15) is 37.2 Å². The van der Waals surface area contributed by atoms with Gasteiger partial charge in [0.25, 0.3) is 0 Å². The zero-order valence-corrected chi connectivity index (χ0v) is 39.6. The molecule has 3 aromatic heterocycles. The van der Waals surface area contributed by atoms with Crippen molar-refractivity contribution in [3.8, 4) is 0 Å². The van der Waals surface area contributed by atoms with Crippen molar-refractivity contribution in [3.63, 3.8) is 0 Å². The van der Waals surface area contributed by atoms with Crippen LogP contribution in [0.4, 0.5) is 0 Å². The van der Waals surface area contributed by atoms with Gasteiger partial charge in [-0.25, -0.2) is 27.4 Å². The van der Waals surface area contributed by atoms with Crippen LogP contribution in [0, 0.1) is 0 Å². The van der Waals surface area contributed by atoms with Gasteiger partial charge >= 0.3 is 0 Å². The van der Waals surface area contributed by atoms with E-state index in [-0.39, 0.29) is 0 Å². The summed E-state index contributed by atoms with van der Waals surface area (Å²) in [5, 5.41) is 0. The molecule has 6 heteroatoms. The van der Waals surface area contributed by atoms with Gasteiger partial charge in [0.15, 0.2) is 0 Å². The molecule has 3 heterocycles. The summed E-state index contributed by atoms with van der Waals surface area (Å²) in [5.74, 6) is 0. The normalized spacial score (nSPS) is 11.7. The van der Waals surface area contributed by atoms with Gasteiger partial charge in [-0.3, -0.25) is 0 Å². The van der Waals surface area contributed by atoms with Crippen molar-refractivity contribution in [3.05, 3.63) is 56.2 Å². The van der Waals surface area contributed by atoms with E-state index in [4.69, 9.17) is 0 Å². The third-order valence-corrected chi connectivity index (χ3v) is 12.9. The molecule has 0 N–H and O–H groups in total. The van der Waals surface area contributed by atoms with Crippen LogP contribution in [-0.4, -0.2) is 13.7 Å². The van der Waals surface area contributed by atoms with Crippen molar-refractivity contribution >= 4 is 0 Å². The Balaban J connectivity index is 1.05. The van der Waals surface area contributed by atoms with E-state index in [1.54, 1.807) is 0 Å². The molecule has 0 unspecified atom stereocenters. The maximum Gasteiger partial charge on any atom is 0.243 e. The first kappa shape index (κ1) is 51.0. The first-order chi connectivity index (χ1) is 29.3. The topological polar surface area (TPSA) is 26.4 Å². The smallest absolute Gasteiger partial charge is 0.237 e. The predicted molar refractivity (Wildman–Crippen MR) is 251 cm³/mol. The van der Waals surface area contributed by atoms with Gasteiger partial charge in [-0.2, -0.15) is 0 Å². The number of hydrogen-bond donors (Lipinski definition) is 0. The quantitative estimate of drug-likeness (QED) is 0.0401. The highest BCUT2D eigenvalue weighted by atomic mass is 15.1. The molecule has 0 fully saturated rings. The molecule has 0 radical (unpaired) electrons. The fourth-order valence-electron chi connectivity index (χ4n) is 8.97. The Morgan fingerprint density at radius 1 is 0.254 bits per heavy atom.